The molecule has 0 aliphatic rings. The van der Waals surface area contributed by atoms with E-state index < -0.39 is 0 Å². The minimum absolute atomic E-state index is 0.0450. The summed E-state index contributed by atoms with van der Waals surface area (Å²) >= 11 is 8.10. The Morgan fingerprint density at radius 3 is 2.11 bits per heavy atom. The number of benzene rings is 3. The lowest BCUT2D eigenvalue weighted by atomic mass is 10.2. The molecule has 28 heavy (non-hydrogen) atoms. The standard InChI is InChI=1S/C21H16Br2N2O2S/c1-13-2-6-16(7-3-13)28-17-8-4-14(5-9-17)12-24-25-21(27)15-10-18(22)20(26)19(23)11-15/h2-12,26H,1H3,(H,25,27)/b24-12-. The van der Waals surface area contributed by atoms with Gasteiger partial charge in [-0.1, -0.05) is 41.6 Å². The normalized spacial score (nSPS) is 11.0. The monoisotopic (exact) mass is 518 g/mol. The molecule has 0 unspecified atom stereocenters. The Kier molecular flexibility index (Phi) is 6.93. The summed E-state index contributed by atoms with van der Waals surface area (Å²) in [7, 11) is 0. The van der Waals surface area contributed by atoms with E-state index in [0.29, 0.717) is 14.5 Å². The summed E-state index contributed by atoms with van der Waals surface area (Å²) in [6.45, 7) is 2.07. The topological polar surface area (TPSA) is 61.7 Å². The van der Waals surface area contributed by atoms with Crippen LogP contribution in [-0.4, -0.2) is 17.2 Å². The van der Waals surface area contributed by atoms with E-state index in [1.807, 2.05) is 24.3 Å². The van der Waals surface area contributed by atoms with Gasteiger partial charge in [-0.05, 0) is 80.7 Å². The largest absolute Gasteiger partial charge is 0.506 e. The van der Waals surface area contributed by atoms with Crippen LogP contribution in [0.2, 0.25) is 0 Å². The first-order valence-electron chi connectivity index (χ1n) is 8.28. The number of hydrogen-bond donors (Lipinski definition) is 2. The smallest absolute Gasteiger partial charge is 0.271 e. The van der Waals surface area contributed by atoms with Gasteiger partial charge in [0.1, 0.15) is 5.75 Å². The second kappa shape index (κ2) is 9.41. The highest BCUT2D eigenvalue weighted by atomic mass is 79.9. The zero-order valence-electron chi connectivity index (χ0n) is 14.8. The number of amides is 1. The van der Waals surface area contributed by atoms with Crippen LogP contribution in [0.25, 0.3) is 0 Å². The van der Waals surface area contributed by atoms with Gasteiger partial charge in [0.25, 0.3) is 5.91 Å². The van der Waals surface area contributed by atoms with Gasteiger partial charge in [-0.15, -0.1) is 0 Å². The zero-order valence-corrected chi connectivity index (χ0v) is 18.8. The second-order valence-electron chi connectivity index (χ2n) is 5.97. The molecule has 4 nitrogen and oxygen atoms in total. The van der Waals surface area contributed by atoms with Crippen molar-refractivity contribution < 1.29 is 9.90 Å². The van der Waals surface area contributed by atoms with Crippen molar-refractivity contribution in [2.75, 3.05) is 0 Å². The van der Waals surface area contributed by atoms with Gasteiger partial charge >= 0.3 is 0 Å². The molecule has 1 amide bonds. The minimum atomic E-state index is -0.371. The number of nitrogens with one attached hydrogen (secondary N) is 1. The van der Waals surface area contributed by atoms with E-state index in [0.717, 1.165) is 10.5 Å². The lowest BCUT2D eigenvalue weighted by Gasteiger charge is -2.05. The zero-order chi connectivity index (χ0) is 20.1. The molecule has 0 saturated heterocycles. The fourth-order valence-corrected chi connectivity index (χ4v) is 4.29. The van der Waals surface area contributed by atoms with Gasteiger partial charge in [0.05, 0.1) is 15.2 Å². The molecule has 0 atom stereocenters. The fourth-order valence-electron chi connectivity index (χ4n) is 2.29. The van der Waals surface area contributed by atoms with Gasteiger partial charge in [0.15, 0.2) is 0 Å². The van der Waals surface area contributed by atoms with Gasteiger partial charge in [-0.25, -0.2) is 5.43 Å². The van der Waals surface area contributed by atoms with Crippen molar-refractivity contribution >= 4 is 55.7 Å². The molecule has 0 aromatic heterocycles. The quantitative estimate of drug-likeness (QED) is 0.314. The average molecular weight is 520 g/mol. The Balaban J connectivity index is 1.60. The SMILES string of the molecule is Cc1ccc(Sc2ccc(/C=N\NC(=O)c3cc(Br)c(O)c(Br)c3)cc2)cc1. The van der Waals surface area contributed by atoms with E-state index >= 15 is 0 Å². The Labute approximate surface area is 184 Å². The molecule has 0 aliphatic heterocycles. The van der Waals surface area contributed by atoms with Crippen LogP contribution in [0.5, 0.6) is 5.75 Å². The third kappa shape index (κ3) is 5.47. The fraction of sp³-hybridized carbons (Fsp3) is 0.0476. The molecule has 0 heterocycles. The first kappa shape index (κ1) is 20.6. The van der Waals surface area contributed by atoms with Crippen molar-refractivity contribution in [3.63, 3.8) is 0 Å². The van der Waals surface area contributed by atoms with Gasteiger partial charge < -0.3 is 5.11 Å². The predicted octanol–water partition coefficient (Wildman–Crippen LogP) is 6.14. The molecule has 142 valence electrons. The number of carbonyl (C=O) groups is 1. The Bertz CT molecular complexity index is 997. The van der Waals surface area contributed by atoms with Gasteiger partial charge in [0.2, 0.25) is 0 Å². The Morgan fingerprint density at radius 2 is 1.54 bits per heavy atom. The van der Waals surface area contributed by atoms with Gasteiger partial charge in [0, 0.05) is 15.4 Å². The van der Waals surface area contributed by atoms with Crippen molar-refractivity contribution in [1.82, 2.24) is 5.43 Å². The highest BCUT2D eigenvalue weighted by Crippen LogP contribution is 2.33. The van der Waals surface area contributed by atoms with Crippen LogP contribution in [0.3, 0.4) is 0 Å². The van der Waals surface area contributed by atoms with E-state index in [2.05, 4.69) is 73.6 Å². The number of halogens is 2. The van der Waals surface area contributed by atoms with Crippen LogP contribution in [0.15, 0.2) is 84.5 Å². The molecule has 3 aromatic carbocycles. The van der Waals surface area contributed by atoms with Crippen LogP contribution in [0.1, 0.15) is 21.5 Å². The summed E-state index contributed by atoms with van der Waals surface area (Å²) in [5.74, 6) is -0.326. The van der Waals surface area contributed by atoms with Crippen molar-refractivity contribution in [3.8, 4) is 5.75 Å². The van der Waals surface area contributed by atoms with Crippen LogP contribution in [-0.2, 0) is 0 Å². The van der Waals surface area contributed by atoms with Crippen molar-refractivity contribution in [2.24, 2.45) is 5.10 Å². The molecule has 7 heteroatoms. The summed E-state index contributed by atoms with van der Waals surface area (Å²) in [4.78, 5) is 14.5. The number of carbonyl (C=O) groups excluding carboxylic acids is 1. The average Bonchev–Trinajstić information content (AvgIpc) is 2.68. The number of hydrazone groups is 1. The first-order valence-corrected chi connectivity index (χ1v) is 10.7. The number of phenols is 1. The van der Waals surface area contributed by atoms with E-state index in [-0.39, 0.29) is 11.7 Å². The summed E-state index contributed by atoms with van der Waals surface area (Å²) in [6, 6.07) is 19.4. The summed E-state index contributed by atoms with van der Waals surface area (Å²) in [6.07, 6.45) is 1.59. The summed E-state index contributed by atoms with van der Waals surface area (Å²) in [5.41, 5.74) is 4.97. The maximum absolute atomic E-state index is 12.2. The van der Waals surface area contributed by atoms with Crippen LogP contribution >= 0.6 is 43.6 Å². The Hall–Kier alpha value is -2.09. The maximum atomic E-state index is 12.2. The van der Waals surface area contributed by atoms with Crippen molar-refractivity contribution in [3.05, 3.63) is 86.3 Å². The molecule has 3 rings (SSSR count). The summed E-state index contributed by atoms with van der Waals surface area (Å²) < 4.78 is 0.857. The lowest BCUT2D eigenvalue weighted by Crippen LogP contribution is -2.17. The second-order valence-corrected chi connectivity index (χ2v) is 8.83. The molecular formula is C21H16Br2N2O2S. The van der Waals surface area contributed by atoms with Crippen LogP contribution in [0.4, 0.5) is 0 Å². The number of aromatic hydroxyl groups is 1. The molecule has 3 aromatic rings. The number of rotatable bonds is 5. The number of phenolic OH excluding ortho intramolecular Hbond substituents is 1. The third-order valence-corrected chi connectivity index (χ3v) is 6.02. The molecular weight excluding hydrogens is 504 g/mol. The third-order valence-electron chi connectivity index (χ3n) is 3.80. The highest BCUT2D eigenvalue weighted by molar-refractivity contribution is 9.11. The molecule has 0 saturated carbocycles. The molecule has 2 N–H and O–H groups in total. The number of nitrogens with zero attached hydrogens (tertiary/aromatic N) is 1. The molecule has 0 spiro atoms. The van der Waals surface area contributed by atoms with Gasteiger partial charge in [-0.2, -0.15) is 5.10 Å². The van der Waals surface area contributed by atoms with E-state index in [1.165, 1.54) is 22.6 Å². The van der Waals surface area contributed by atoms with Crippen LogP contribution in [0, 0.1) is 6.92 Å². The maximum Gasteiger partial charge on any atom is 0.271 e. The summed E-state index contributed by atoms with van der Waals surface area (Å²) in [5, 5.41) is 13.7. The Morgan fingerprint density at radius 1 is 1.00 bits per heavy atom. The number of hydrogen-bond acceptors (Lipinski definition) is 4. The lowest BCUT2D eigenvalue weighted by molar-refractivity contribution is 0.0955. The first-order chi connectivity index (χ1) is 13.4. The molecule has 0 aliphatic carbocycles. The van der Waals surface area contributed by atoms with Crippen molar-refractivity contribution in [1.29, 1.82) is 0 Å². The van der Waals surface area contributed by atoms with Crippen molar-refractivity contribution in [2.45, 2.75) is 16.7 Å². The van der Waals surface area contributed by atoms with Crippen LogP contribution < -0.4 is 5.43 Å². The van der Waals surface area contributed by atoms with E-state index in [1.54, 1.807) is 18.0 Å². The molecule has 0 radical (unpaired) electrons. The molecule has 0 fully saturated rings. The highest BCUT2D eigenvalue weighted by Gasteiger charge is 2.11. The van der Waals surface area contributed by atoms with E-state index in [9.17, 15) is 9.90 Å². The predicted molar refractivity (Wildman–Crippen MR) is 120 cm³/mol. The number of aryl methyl sites for hydroxylation is 1. The molecule has 0 bridgehead atoms. The van der Waals surface area contributed by atoms with E-state index in [4.69, 9.17) is 0 Å². The minimum Gasteiger partial charge on any atom is -0.506 e. The van der Waals surface area contributed by atoms with Gasteiger partial charge in [-0.3, -0.25) is 4.79 Å².